The van der Waals surface area contributed by atoms with Crippen LogP contribution in [0.1, 0.15) is 6.42 Å². The Morgan fingerprint density at radius 3 is 2.74 bits per heavy atom. The average molecular weight is 423 g/mol. The van der Waals surface area contributed by atoms with Gasteiger partial charge in [-0.05, 0) is 36.8 Å². The fourth-order valence-corrected chi connectivity index (χ4v) is 5.33. The fourth-order valence-electron chi connectivity index (χ4n) is 3.11. The molecule has 1 aliphatic rings. The molecule has 4 rings (SSSR count). The minimum absolute atomic E-state index is 0.0150. The maximum Gasteiger partial charge on any atom is 0.244 e. The van der Waals surface area contributed by atoms with Crippen LogP contribution in [0.25, 0.3) is 10.9 Å². The SMILES string of the molecule is O=S(=O)(c1cc(Cl)ccc1Cl)N1CCC(Oc2ccc3ccccc3n2)C1. The molecule has 0 amide bonds. The molecule has 0 N–H and O–H groups in total. The van der Waals surface area contributed by atoms with Crippen molar-refractivity contribution >= 4 is 44.1 Å². The van der Waals surface area contributed by atoms with Gasteiger partial charge in [-0.15, -0.1) is 0 Å². The van der Waals surface area contributed by atoms with E-state index in [1.807, 2.05) is 30.3 Å². The molecule has 0 radical (unpaired) electrons. The van der Waals surface area contributed by atoms with E-state index < -0.39 is 10.0 Å². The van der Waals surface area contributed by atoms with Crippen molar-refractivity contribution in [3.05, 3.63) is 64.6 Å². The van der Waals surface area contributed by atoms with Crippen molar-refractivity contribution in [3.8, 4) is 5.88 Å². The monoisotopic (exact) mass is 422 g/mol. The van der Waals surface area contributed by atoms with Gasteiger partial charge in [-0.3, -0.25) is 0 Å². The minimum Gasteiger partial charge on any atom is -0.473 e. The van der Waals surface area contributed by atoms with Crippen molar-refractivity contribution < 1.29 is 13.2 Å². The Hall–Kier alpha value is -1.86. The second-order valence-electron chi connectivity index (χ2n) is 6.31. The lowest BCUT2D eigenvalue weighted by Crippen LogP contribution is -2.31. The van der Waals surface area contributed by atoms with Gasteiger partial charge in [-0.1, -0.05) is 41.4 Å². The van der Waals surface area contributed by atoms with Gasteiger partial charge >= 0.3 is 0 Å². The van der Waals surface area contributed by atoms with E-state index in [0.717, 1.165) is 10.9 Å². The molecular formula is C19H16Cl2N2O3S. The maximum atomic E-state index is 12.9. The van der Waals surface area contributed by atoms with Crippen LogP contribution in [0, 0.1) is 0 Å². The number of aromatic nitrogens is 1. The molecule has 5 nitrogen and oxygen atoms in total. The molecule has 1 aromatic heterocycles. The summed E-state index contributed by atoms with van der Waals surface area (Å²) in [5.41, 5.74) is 0.836. The van der Waals surface area contributed by atoms with Gasteiger partial charge in [0.05, 0.1) is 17.1 Å². The Bertz CT molecular complexity index is 1110. The standard InChI is InChI=1S/C19H16Cl2N2O3S/c20-14-6-7-16(21)18(11-14)27(24,25)23-10-9-15(12-23)26-19-8-5-13-3-1-2-4-17(13)22-19/h1-8,11,15H,9-10,12H2. The number of halogens is 2. The van der Waals surface area contributed by atoms with Crippen LogP contribution in [-0.4, -0.2) is 36.9 Å². The summed E-state index contributed by atoms with van der Waals surface area (Å²) >= 11 is 12.0. The van der Waals surface area contributed by atoms with E-state index in [1.54, 1.807) is 12.1 Å². The van der Waals surface area contributed by atoms with Crippen LogP contribution in [0.2, 0.25) is 10.0 Å². The summed E-state index contributed by atoms with van der Waals surface area (Å²) in [5.74, 6) is 0.485. The molecule has 1 saturated heterocycles. The molecule has 1 aliphatic heterocycles. The van der Waals surface area contributed by atoms with Crippen molar-refractivity contribution in [1.82, 2.24) is 9.29 Å². The van der Waals surface area contributed by atoms with E-state index in [4.69, 9.17) is 27.9 Å². The lowest BCUT2D eigenvalue weighted by Gasteiger charge is -2.18. The summed E-state index contributed by atoms with van der Waals surface area (Å²) in [4.78, 5) is 4.50. The van der Waals surface area contributed by atoms with E-state index >= 15 is 0 Å². The molecule has 1 fully saturated rings. The van der Waals surface area contributed by atoms with E-state index in [0.29, 0.717) is 23.9 Å². The first kappa shape index (κ1) is 18.5. The fraction of sp³-hybridized carbons (Fsp3) is 0.211. The Balaban J connectivity index is 1.51. The van der Waals surface area contributed by atoms with E-state index in [-0.39, 0.29) is 22.6 Å². The molecular weight excluding hydrogens is 407 g/mol. The number of para-hydroxylation sites is 1. The molecule has 0 bridgehead atoms. The summed E-state index contributed by atoms with van der Waals surface area (Å²) in [6.45, 7) is 0.586. The molecule has 2 aromatic carbocycles. The number of ether oxygens (including phenoxy) is 1. The highest BCUT2D eigenvalue weighted by molar-refractivity contribution is 7.89. The van der Waals surface area contributed by atoms with E-state index in [1.165, 1.54) is 16.4 Å². The molecule has 0 aliphatic carbocycles. The van der Waals surface area contributed by atoms with Gasteiger partial charge in [-0.25, -0.2) is 13.4 Å². The third-order valence-electron chi connectivity index (χ3n) is 4.48. The second-order valence-corrected chi connectivity index (χ2v) is 9.06. The van der Waals surface area contributed by atoms with Gasteiger partial charge in [0.25, 0.3) is 0 Å². The van der Waals surface area contributed by atoms with Crippen LogP contribution in [0.3, 0.4) is 0 Å². The van der Waals surface area contributed by atoms with Crippen LogP contribution < -0.4 is 4.74 Å². The summed E-state index contributed by atoms with van der Waals surface area (Å²) in [6.07, 6.45) is 0.303. The van der Waals surface area contributed by atoms with E-state index in [2.05, 4.69) is 4.98 Å². The van der Waals surface area contributed by atoms with Crippen molar-refractivity contribution in [1.29, 1.82) is 0 Å². The third-order valence-corrected chi connectivity index (χ3v) is 7.06. The molecule has 0 saturated carbocycles. The molecule has 3 aromatic rings. The highest BCUT2D eigenvalue weighted by Gasteiger charge is 2.35. The lowest BCUT2D eigenvalue weighted by molar-refractivity contribution is 0.207. The molecule has 1 unspecified atom stereocenters. The average Bonchev–Trinajstić information content (AvgIpc) is 3.13. The van der Waals surface area contributed by atoms with Crippen LogP contribution in [0.15, 0.2) is 59.5 Å². The van der Waals surface area contributed by atoms with Gasteiger partial charge in [0.15, 0.2) is 0 Å². The molecule has 0 spiro atoms. The molecule has 27 heavy (non-hydrogen) atoms. The predicted molar refractivity (Wildman–Crippen MR) is 106 cm³/mol. The van der Waals surface area contributed by atoms with Crippen LogP contribution in [0.4, 0.5) is 0 Å². The van der Waals surface area contributed by atoms with Gasteiger partial charge in [0, 0.05) is 23.0 Å². The number of fused-ring (bicyclic) bond motifs is 1. The zero-order valence-electron chi connectivity index (χ0n) is 14.2. The Morgan fingerprint density at radius 1 is 1.07 bits per heavy atom. The number of benzene rings is 2. The predicted octanol–water partition coefficient (Wildman–Crippen LogP) is 4.38. The Labute approximate surface area is 167 Å². The number of hydrogen-bond acceptors (Lipinski definition) is 4. The number of nitrogens with zero attached hydrogens (tertiary/aromatic N) is 2. The molecule has 140 valence electrons. The zero-order chi connectivity index (χ0) is 19.0. The second kappa shape index (κ2) is 7.28. The number of pyridine rings is 1. The van der Waals surface area contributed by atoms with Crippen molar-refractivity contribution in [2.45, 2.75) is 17.4 Å². The van der Waals surface area contributed by atoms with Gasteiger partial charge in [-0.2, -0.15) is 4.31 Å². The van der Waals surface area contributed by atoms with Gasteiger partial charge in [0.1, 0.15) is 11.0 Å². The first-order chi connectivity index (χ1) is 12.9. The number of hydrogen-bond donors (Lipinski definition) is 0. The molecule has 1 atom stereocenters. The minimum atomic E-state index is -3.74. The highest BCUT2D eigenvalue weighted by atomic mass is 35.5. The third kappa shape index (κ3) is 3.75. The lowest BCUT2D eigenvalue weighted by atomic mass is 10.2. The quantitative estimate of drug-likeness (QED) is 0.625. The normalized spacial score (nSPS) is 18.1. The number of rotatable bonds is 4. The number of sulfonamides is 1. The van der Waals surface area contributed by atoms with Crippen molar-refractivity contribution in [3.63, 3.8) is 0 Å². The first-order valence-electron chi connectivity index (χ1n) is 8.41. The maximum absolute atomic E-state index is 12.9. The Kier molecular flexibility index (Phi) is 4.99. The smallest absolute Gasteiger partial charge is 0.244 e. The van der Waals surface area contributed by atoms with E-state index in [9.17, 15) is 8.42 Å². The molecule has 2 heterocycles. The van der Waals surface area contributed by atoms with Crippen LogP contribution in [0.5, 0.6) is 5.88 Å². The first-order valence-corrected chi connectivity index (χ1v) is 10.6. The molecule has 8 heteroatoms. The topological polar surface area (TPSA) is 59.5 Å². The summed E-state index contributed by atoms with van der Waals surface area (Å²) in [6, 6.07) is 15.9. The van der Waals surface area contributed by atoms with Gasteiger partial charge in [0.2, 0.25) is 15.9 Å². The summed E-state index contributed by atoms with van der Waals surface area (Å²) < 4.78 is 33.1. The zero-order valence-corrected chi connectivity index (χ0v) is 16.5. The van der Waals surface area contributed by atoms with Crippen LogP contribution in [-0.2, 0) is 10.0 Å². The van der Waals surface area contributed by atoms with Crippen molar-refractivity contribution in [2.75, 3.05) is 13.1 Å². The summed E-state index contributed by atoms with van der Waals surface area (Å²) in [7, 11) is -3.74. The highest BCUT2D eigenvalue weighted by Crippen LogP contribution is 2.30. The Morgan fingerprint density at radius 2 is 1.89 bits per heavy atom. The summed E-state index contributed by atoms with van der Waals surface area (Å²) in [5, 5.41) is 1.50. The van der Waals surface area contributed by atoms with Gasteiger partial charge < -0.3 is 4.74 Å². The largest absolute Gasteiger partial charge is 0.473 e. The van der Waals surface area contributed by atoms with Crippen LogP contribution >= 0.6 is 23.2 Å². The van der Waals surface area contributed by atoms with Crippen molar-refractivity contribution in [2.24, 2.45) is 0 Å².